The highest BCUT2D eigenvalue weighted by Gasteiger charge is 2.07. The van der Waals surface area contributed by atoms with E-state index in [-0.39, 0.29) is 0 Å². The second kappa shape index (κ2) is 3.75. The third kappa shape index (κ3) is 1.80. The maximum atomic E-state index is 4.30. The minimum absolute atomic E-state index is 0.984. The average Bonchev–Trinajstić information content (AvgIpc) is 2.70. The fourth-order valence-corrected chi connectivity index (χ4v) is 1.58. The summed E-state index contributed by atoms with van der Waals surface area (Å²) in [4.78, 5) is 0. The Morgan fingerprint density at radius 1 is 1.62 bits per heavy atom. The first-order valence-corrected chi connectivity index (χ1v) is 4.82. The second-order valence-corrected chi connectivity index (χ2v) is 3.35. The van der Waals surface area contributed by atoms with E-state index in [1.807, 2.05) is 10.9 Å². The van der Waals surface area contributed by atoms with Gasteiger partial charge in [-0.3, -0.25) is 4.68 Å². The van der Waals surface area contributed by atoms with Gasteiger partial charge in [-0.15, -0.1) is 0 Å². The Hall–Kier alpha value is -1.09. The molecule has 0 spiro atoms. The number of aromatic nitrogens is 2. The van der Waals surface area contributed by atoms with E-state index in [4.69, 9.17) is 0 Å². The van der Waals surface area contributed by atoms with Crippen LogP contribution in [-0.4, -0.2) is 22.9 Å². The Morgan fingerprint density at radius 2 is 2.54 bits per heavy atom. The summed E-state index contributed by atoms with van der Waals surface area (Å²) in [7, 11) is 0. The van der Waals surface area contributed by atoms with E-state index in [0.29, 0.717) is 0 Å². The van der Waals surface area contributed by atoms with Gasteiger partial charge in [-0.2, -0.15) is 5.10 Å². The number of aryl methyl sites for hydroxylation is 1. The maximum absolute atomic E-state index is 4.30. The van der Waals surface area contributed by atoms with Gasteiger partial charge in [0.05, 0.1) is 6.20 Å². The summed E-state index contributed by atoms with van der Waals surface area (Å²) < 4.78 is 2.01. The van der Waals surface area contributed by atoms with E-state index < -0.39 is 0 Å². The molecule has 1 aromatic rings. The van der Waals surface area contributed by atoms with Gasteiger partial charge < -0.3 is 5.32 Å². The second-order valence-electron chi connectivity index (χ2n) is 3.35. The van der Waals surface area contributed by atoms with Crippen LogP contribution in [0.5, 0.6) is 0 Å². The Balaban J connectivity index is 2.12. The van der Waals surface area contributed by atoms with Crippen LogP contribution < -0.4 is 5.32 Å². The molecule has 3 nitrogen and oxygen atoms in total. The molecule has 0 fully saturated rings. The molecule has 70 valence electrons. The summed E-state index contributed by atoms with van der Waals surface area (Å²) in [6.45, 7) is 5.16. The van der Waals surface area contributed by atoms with Crippen molar-refractivity contribution in [2.75, 3.05) is 13.1 Å². The van der Waals surface area contributed by atoms with Crippen molar-refractivity contribution < 1.29 is 0 Å². The minimum atomic E-state index is 0.984. The molecule has 3 heteroatoms. The number of rotatable bonds is 3. The Bertz CT molecular complexity index is 312. The predicted molar refractivity (Wildman–Crippen MR) is 53.4 cm³/mol. The number of nitrogens with one attached hydrogen (secondary N) is 1. The normalized spacial score (nSPS) is 16.2. The van der Waals surface area contributed by atoms with E-state index in [1.165, 1.54) is 11.1 Å². The van der Waals surface area contributed by atoms with Gasteiger partial charge in [-0.05, 0) is 12.0 Å². The first kappa shape index (κ1) is 8.51. The zero-order chi connectivity index (χ0) is 9.10. The van der Waals surface area contributed by atoms with Gasteiger partial charge in [0.15, 0.2) is 0 Å². The SMILES string of the molecule is CCCn1cc(C2=CCNC2)cn1. The number of nitrogens with zero attached hydrogens (tertiary/aromatic N) is 2. The quantitative estimate of drug-likeness (QED) is 0.753. The fourth-order valence-electron chi connectivity index (χ4n) is 1.58. The monoisotopic (exact) mass is 177 g/mol. The lowest BCUT2D eigenvalue weighted by Crippen LogP contribution is -2.07. The predicted octanol–water partition coefficient (Wildman–Crippen LogP) is 1.28. The van der Waals surface area contributed by atoms with Crippen LogP contribution in [0.2, 0.25) is 0 Å². The van der Waals surface area contributed by atoms with Crippen molar-refractivity contribution in [1.29, 1.82) is 0 Å². The molecule has 0 radical (unpaired) electrons. The zero-order valence-corrected chi connectivity index (χ0v) is 7.95. The van der Waals surface area contributed by atoms with Crippen molar-refractivity contribution in [1.82, 2.24) is 15.1 Å². The molecule has 0 amide bonds. The van der Waals surface area contributed by atoms with Crippen LogP contribution in [0.4, 0.5) is 0 Å². The van der Waals surface area contributed by atoms with Crippen LogP contribution in [0, 0.1) is 0 Å². The van der Waals surface area contributed by atoms with Crippen LogP contribution >= 0.6 is 0 Å². The summed E-state index contributed by atoms with van der Waals surface area (Å²) in [5, 5.41) is 7.58. The summed E-state index contributed by atoms with van der Waals surface area (Å²) in [5.41, 5.74) is 2.64. The molecule has 0 aromatic carbocycles. The standard InChI is InChI=1S/C10H15N3/c1-2-5-13-8-10(7-12-13)9-3-4-11-6-9/h3,7-8,11H,2,4-6H2,1H3. The van der Waals surface area contributed by atoms with Gasteiger partial charge in [0.1, 0.15) is 0 Å². The van der Waals surface area contributed by atoms with Crippen LogP contribution in [-0.2, 0) is 6.54 Å². The van der Waals surface area contributed by atoms with Crippen molar-refractivity contribution in [2.45, 2.75) is 19.9 Å². The molecule has 2 rings (SSSR count). The van der Waals surface area contributed by atoms with Crippen LogP contribution in [0.3, 0.4) is 0 Å². The summed E-state index contributed by atoms with van der Waals surface area (Å²) in [5.74, 6) is 0. The highest BCUT2D eigenvalue weighted by atomic mass is 15.3. The van der Waals surface area contributed by atoms with Gasteiger partial charge in [0.2, 0.25) is 0 Å². The molecule has 0 aliphatic carbocycles. The van der Waals surface area contributed by atoms with E-state index in [1.54, 1.807) is 0 Å². The first-order valence-electron chi connectivity index (χ1n) is 4.82. The van der Waals surface area contributed by atoms with Crippen LogP contribution in [0.25, 0.3) is 5.57 Å². The summed E-state index contributed by atoms with van der Waals surface area (Å²) >= 11 is 0. The lowest BCUT2D eigenvalue weighted by molar-refractivity contribution is 0.602. The van der Waals surface area contributed by atoms with Crippen molar-refractivity contribution in [3.63, 3.8) is 0 Å². The number of hydrogen-bond acceptors (Lipinski definition) is 2. The molecular weight excluding hydrogens is 162 g/mol. The molecule has 1 aliphatic rings. The topological polar surface area (TPSA) is 29.9 Å². The highest BCUT2D eigenvalue weighted by molar-refractivity contribution is 5.67. The van der Waals surface area contributed by atoms with Crippen molar-refractivity contribution >= 4 is 5.57 Å². The Kier molecular flexibility index (Phi) is 2.45. The third-order valence-corrected chi connectivity index (χ3v) is 2.26. The Morgan fingerprint density at radius 3 is 3.23 bits per heavy atom. The largest absolute Gasteiger partial charge is 0.309 e. The maximum Gasteiger partial charge on any atom is 0.0565 e. The molecule has 0 saturated carbocycles. The van der Waals surface area contributed by atoms with Gasteiger partial charge in [-0.25, -0.2) is 0 Å². The summed E-state index contributed by atoms with van der Waals surface area (Å²) in [6, 6.07) is 0. The molecule has 0 saturated heterocycles. The smallest absolute Gasteiger partial charge is 0.0565 e. The number of hydrogen-bond donors (Lipinski definition) is 1. The molecule has 0 unspecified atom stereocenters. The van der Waals surface area contributed by atoms with E-state index in [0.717, 1.165) is 26.1 Å². The molecule has 1 aromatic heterocycles. The molecular formula is C10H15N3. The third-order valence-electron chi connectivity index (χ3n) is 2.26. The molecule has 1 aliphatic heterocycles. The molecule has 1 N–H and O–H groups in total. The van der Waals surface area contributed by atoms with Crippen molar-refractivity contribution in [2.24, 2.45) is 0 Å². The van der Waals surface area contributed by atoms with Gasteiger partial charge in [0.25, 0.3) is 0 Å². The lowest BCUT2D eigenvalue weighted by atomic mass is 10.1. The highest BCUT2D eigenvalue weighted by Crippen LogP contribution is 2.14. The zero-order valence-electron chi connectivity index (χ0n) is 7.95. The van der Waals surface area contributed by atoms with Crippen molar-refractivity contribution in [3.05, 3.63) is 24.0 Å². The fraction of sp³-hybridized carbons (Fsp3) is 0.500. The van der Waals surface area contributed by atoms with E-state index >= 15 is 0 Å². The van der Waals surface area contributed by atoms with Gasteiger partial charge in [0, 0.05) is 31.4 Å². The average molecular weight is 177 g/mol. The van der Waals surface area contributed by atoms with Crippen LogP contribution in [0.1, 0.15) is 18.9 Å². The van der Waals surface area contributed by atoms with Gasteiger partial charge >= 0.3 is 0 Å². The van der Waals surface area contributed by atoms with Crippen molar-refractivity contribution in [3.8, 4) is 0 Å². The van der Waals surface area contributed by atoms with E-state index in [2.05, 4.69) is 29.6 Å². The molecule has 0 bridgehead atoms. The Labute approximate surface area is 78.4 Å². The molecule has 0 atom stereocenters. The lowest BCUT2D eigenvalue weighted by Gasteiger charge is -1.96. The molecule has 2 heterocycles. The molecule has 13 heavy (non-hydrogen) atoms. The minimum Gasteiger partial charge on any atom is -0.309 e. The van der Waals surface area contributed by atoms with Crippen LogP contribution in [0.15, 0.2) is 18.5 Å². The van der Waals surface area contributed by atoms with Gasteiger partial charge in [-0.1, -0.05) is 13.0 Å². The first-order chi connectivity index (χ1) is 6.40. The van der Waals surface area contributed by atoms with E-state index in [9.17, 15) is 0 Å². The summed E-state index contributed by atoms with van der Waals surface area (Å²) in [6.07, 6.45) is 7.45.